The van der Waals surface area contributed by atoms with E-state index in [9.17, 15) is 0 Å². The smallest absolute Gasteiger partial charge is 0.176 e. The van der Waals surface area contributed by atoms with Crippen molar-refractivity contribution >= 4 is 5.82 Å². The van der Waals surface area contributed by atoms with Crippen LogP contribution in [0.1, 0.15) is 5.76 Å². The standard InChI is InChI=1S/C11H13N3O2/c1-15-7-5-9-10(11(12)14-16-9)8-4-2-3-6-13-8/h2-4,6H,5,7H2,1H3,(H2,12,14). The first-order chi connectivity index (χ1) is 7.83. The Morgan fingerprint density at radius 1 is 1.44 bits per heavy atom. The zero-order chi connectivity index (χ0) is 11.4. The largest absolute Gasteiger partial charge is 0.384 e. The van der Waals surface area contributed by atoms with Crippen LogP contribution < -0.4 is 5.73 Å². The Kier molecular flexibility index (Phi) is 3.16. The molecule has 0 radical (unpaired) electrons. The Hall–Kier alpha value is -1.88. The van der Waals surface area contributed by atoms with E-state index in [2.05, 4.69) is 10.1 Å². The summed E-state index contributed by atoms with van der Waals surface area (Å²) in [4.78, 5) is 4.23. The molecule has 2 N–H and O–H groups in total. The van der Waals surface area contributed by atoms with Gasteiger partial charge in [0.2, 0.25) is 0 Å². The number of nitrogens with zero attached hydrogens (tertiary/aromatic N) is 2. The third kappa shape index (κ3) is 2.04. The quantitative estimate of drug-likeness (QED) is 0.843. The zero-order valence-corrected chi connectivity index (χ0v) is 9.01. The Bertz CT molecular complexity index is 454. The summed E-state index contributed by atoms with van der Waals surface area (Å²) in [6.45, 7) is 0.564. The van der Waals surface area contributed by atoms with Crippen LogP contribution in [0.5, 0.6) is 0 Å². The number of hydrogen-bond donors (Lipinski definition) is 1. The van der Waals surface area contributed by atoms with E-state index in [0.717, 1.165) is 11.3 Å². The Labute approximate surface area is 93.2 Å². The van der Waals surface area contributed by atoms with Gasteiger partial charge in [0.1, 0.15) is 0 Å². The van der Waals surface area contributed by atoms with E-state index in [-0.39, 0.29) is 0 Å². The molecule has 0 aliphatic heterocycles. The van der Waals surface area contributed by atoms with E-state index in [1.165, 1.54) is 0 Å². The summed E-state index contributed by atoms with van der Waals surface area (Å²) in [5, 5.41) is 3.75. The maximum absolute atomic E-state index is 5.76. The van der Waals surface area contributed by atoms with Crippen LogP contribution in [0.15, 0.2) is 28.9 Å². The minimum Gasteiger partial charge on any atom is -0.384 e. The molecule has 0 aliphatic carbocycles. The van der Waals surface area contributed by atoms with Crippen LogP contribution in [-0.4, -0.2) is 23.9 Å². The molecular weight excluding hydrogens is 206 g/mol. The maximum Gasteiger partial charge on any atom is 0.176 e. The monoisotopic (exact) mass is 219 g/mol. The molecule has 2 aromatic heterocycles. The van der Waals surface area contributed by atoms with Gasteiger partial charge >= 0.3 is 0 Å². The van der Waals surface area contributed by atoms with Crippen molar-refractivity contribution in [2.45, 2.75) is 6.42 Å². The van der Waals surface area contributed by atoms with Crippen molar-refractivity contribution in [3.05, 3.63) is 30.2 Å². The predicted molar refractivity (Wildman–Crippen MR) is 59.7 cm³/mol. The van der Waals surface area contributed by atoms with Crippen LogP contribution in [0.3, 0.4) is 0 Å². The first-order valence-electron chi connectivity index (χ1n) is 4.97. The third-order valence-corrected chi connectivity index (χ3v) is 2.24. The van der Waals surface area contributed by atoms with Gasteiger partial charge < -0.3 is 15.0 Å². The molecule has 2 rings (SSSR count). The molecule has 2 aromatic rings. The summed E-state index contributed by atoms with van der Waals surface area (Å²) in [7, 11) is 1.64. The molecule has 5 nitrogen and oxygen atoms in total. The topological polar surface area (TPSA) is 74.2 Å². The van der Waals surface area contributed by atoms with E-state index in [1.807, 2.05) is 18.2 Å². The molecule has 0 bridgehead atoms. The number of nitrogens with two attached hydrogens (primary N) is 1. The van der Waals surface area contributed by atoms with Crippen LogP contribution >= 0.6 is 0 Å². The van der Waals surface area contributed by atoms with Crippen molar-refractivity contribution in [2.75, 3.05) is 19.5 Å². The second-order valence-electron chi connectivity index (χ2n) is 3.32. The van der Waals surface area contributed by atoms with Gasteiger partial charge in [-0.1, -0.05) is 11.2 Å². The normalized spacial score (nSPS) is 10.6. The molecule has 0 atom stereocenters. The van der Waals surface area contributed by atoms with Gasteiger partial charge in [-0.25, -0.2) is 0 Å². The van der Waals surface area contributed by atoms with Crippen LogP contribution in [0.4, 0.5) is 5.82 Å². The first kappa shape index (κ1) is 10.6. The van der Waals surface area contributed by atoms with Crippen molar-refractivity contribution in [2.24, 2.45) is 0 Å². The number of ether oxygens (including phenoxy) is 1. The third-order valence-electron chi connectivity index (χ3n) is 2.24. The van der Waals surface area contributed by atoms with Crippen molar-refractivity contribution in [3.8, 4) is 11.3 Å². The number of methoxy groups -OCH3 is 1. The number of rotatable bonds is 4. The van der Waals surface area contributed by atoms with E-state index in [0.29, 0.717) is 24.6 Å². The molecule has 84 valence electrons. The predicted octanol–water partition coefficient (Wildman–Crippen LogP) is 1.51. The highest BCUT2D eigenvalue weighted by Crippen LogP contribution is 2.27. The summed E-state index contributed by atoms with van der Waals surface area (Å²) >= 11 is 0. The molecule has 0 saturated carbocycles. The Morgan fingerprint density at radius 3 is 3.00 bits per heavy atom. The highest BCUT2D eigenvalue weighted by Gasteiger charge is 2.16. The van der Waals surface area contributed by atoms with Crippen molar-refractivity contribution in [1.82, 2.24) is 10.1 Å². The van der Waals surface area contributed by atoms with Gasteiger partial charge in [-0.15, -0.1) is 0 Å². The van der Waals surface area contributed by atoms with Gasteiger partial charge in [-0.2, -0.15) is 0 Å². The van der Waals surface area contributed by atoms with Gasteiger partial charge in [-0.3, -0.25) is 4.98 Å². The minimum atomic E-state index is 0.366. The molecule has 0 unspecified atom stereocenters. The summed E-state index contributed by atoms with van der Waals surface area (Å²) in [5.41, 5.74) is 7.29. The highest BCUT2D eigenvalue weighted by molar-refractivity contribution is 5.72. The summed E-state index contributed by atoms with van der Waals surface area (Å²) in [6, 6.07) is 5.62. The number of hydrogen-bond acceptors (Lipinski definition) is 5. The van der Waals surface area contributed by atoms with E-state index < -0.39 is 0 Å². The molecule has 0 aliphatic rings. The van der Waals surface area contributed by atoms with Crippen molar-refractivity contribution in [3.63, 3.8) is 0 Å². The van der Waals surface area contributed by atoms with E-state index >= 15 is 0 Å². The molecule has 0 saturated heterocycles. The number of pyridine rings is 1. The van der Waals surface area contributed by atoms with Gasteiger partial charge in [0.05, 0.1) is 17.9 Å². The Balaban J connectivity index is 2.35. The average molecular weight is 219 g/mol. The lowest BCUT2D eigenvalue weighted by molar-refractivity contribution is 0.193. The molecule has 0 aromatic carbocycles. The van der Waals surface area contributed by atoms with Crippen molar-refractivity contribution < 1.29 is 9.26 Å². The molecule has 0 spiro atoms. The fourth-order valence-electron chi connectivity index (χ4n) is 1.49. The Morgan fingerprint density at radius 2 is 2.31 bits per heavy atom. The number of anilines is 1. The molecule has 5 heteroatoms. The first-order valence-corrected chi connectivity index (χ1v) is 4.97. The van der Waals surface area contributed by atoms with E-state index in [1.54, 1.807) is 13.3 Å². The van der Waals surface area contributed by atoms with Crippen LogP contribution in [0, 0.1) is 0 Å². The van der Waals surface area contributed by atoms with Gasteiger partial charge in [0.15, 0.2) is 11.6 Å². The lowest BCUT2D eigenvalue weighted by Gasteiger charge is -2.00. The highest BCUT2D eigenvalue weighted by atomic mass is 16.5. The fourth-order valence-corrected chi connectivity index (χ4v) is 1.49. The van der Waals surface area contributed by atoms with Crippen LogP contribution in [-0.2, 0) is 11.2 Å². The van der Waals surface area contributed by atoms with Crippen molar-refractivity contribution in [1.29, 1.82) is 0 Å². The van der Waals surface area contributed by atoms with Gasteiger partial charge in [0, 0.05) is 19.7 Å². The van der Waals surface area contributed by atoms with Gasteiger partial charge in [-0.05, 0) is 12.1 Å². The molecule has 2 heterocycles. The number of aromatic nitrogens is 2. The number of nitrogen functional groups attached to an aromatic ring is 1. The summed E-state index contributed by atoms with van der Waals surface area (Å²) in [6.07, 6.45) is 2.34. The second kappa shape index (κ2) is 4.76. The fraction of sp³-hybridized carbons (Fsp3) is 0.273. The average Bonchev–Trinajstić information content (AvgIpc) is 2.69. The molecule has 0 amide bonds. The van der Waals surface area contributed by atoms with Gasteiger partial charge in [0.25, 0.3) is 0 Å². The summed E-state index contributed by atoms with van der Waals surface area (Å²) < 4.78 is 10.2. The van der Waals surface area contributed by atoms with Crippen LogP contribution in [0.2, 0.25) is 0 Å². The second-order valence-corrected chi connectivity index (χ2v) is 3.32. The molecule has 16 heavy (non-hydrogen) atoms. The van der Waals surface area contributed by atoms with E-state index in [4.69, 9.17) is 15.0 Å². The zero-order valence-electron chi connectivity index (χ0n) is 9.01. The lowest BCUT2D eigenvalue weighted by Crippen LogP contribution is -1.96. The molecular formula is C11H13N3O2. The lowest BCUT2D eigenvalue weighted by atomic mass is 10.1. The van der Waals surface area contributed by atoms with Crippen LogP contribution in [0.25, 0.3) is 11.3 Å². The molecule has 0 fully saturated rings. The maximum atomic E-state index is 5.76. The SMILES string of the molecule is COCCc1onc(N)c1-c1ccccn1. The minimum absolute atomic E-state index is 0.366. The summed E-state index contributed by atoms with van der Waals surface area (Å²) in [5.74, 6) is 1.07.